The van der Waals surface area contributed by atoms with Gasteiger partial charge in [0.15, 0.2) is 5.96 Å². The van der Waals surface area contributed by atoms with Crippen LogP contribution >= 0.6 is 0 Å². The summed E-state index contributed by atoms with van der Waals surface area (Å²) in [4.78, 5) is 4.52. The third-order valence-corrected chi connectivity index (χ3v) is 4.02. The number of hydrogen-bond donors (Lipinski definition) is 2. The number of anilines is 1. The van der Waals surface area contributed by atoms with Crippen LogP contribution in [-0.2, 0) is 4.74 Å². The average Bonchev–Trinajstić information content (AvgIpc) is 3.16. The number of aliphatic imine (C=N–C) groups is 1. The number of benzene rings is 1. The molecule has 4 heteroatoms. The van der Waals surface area contributed by atoms with Crippen LogP contribution in [0, 0.1) is 19.3 Å². The molecule has 1 aromatic rings. The van der Waals surface area contributed by atoms with Crippen LogP contribution in [0.5, 0.6) is 0 Å². The molecule has 21 heavy (non-hydrogen) atoms. The summed E-state index contributed by atoms with van der Waals surface area (Å²) in [5.41, 5.74) is 9.79. The van der Waals surface area contributed by atoms with Crippen LogP contribution in [-0.4, -0.2) is 25.7 Å². The number of nitrogens with two attached hydrogens (primary N) is 1. The van der Waals surface area contributed by atoms with Crippen molar-refractivity contribution in [2.24, 2.45) is 16.1 Å². The van der Waals surface area contributed by atoms with Gasteiger partial charge in [-0.25, -0.2) is 0 Å². The van der Waals surface area contributed by atoms with Crippen LogP contribution in [0.2, 0.25) is 0 Å². The van der Waals surface area contributed by atoms with Gasteiger partial charge in [-0.3, -0.25) is 4.99 Å². The minimum absolute atomic E-state index is 0.337. The fourth-order valence-electron chi connectivity index (χ4n) is 2.58. The molecule has 0 aliphatic heterocycles. The van der Waals surface area contributed by atoms with Crippen LogP contribution in [0.3, 0.4) is 0 Å². The maximum absolute atomic E-state index is 6.00. The molecule has 116 valence electrons. The van der Waals surface area contributed by atoms with Crippen molar-refractivity contribution in [2.75, 3.05) is 25.1 Å². The lowest BCUT2D eigenvalue weighted by molar-refractivity contribution is 0.129. The predicted octanol–water partition coefficient (Wildman–Crippen LogP) is 3.24. The van der Waals surface area contributed by atoms with Gasteiger partial charge in [-0.1, -0.05) is 6.07 Å². The molecular formula is C17H27N3O. The third-order valence-electron chi connectivity index (χ3n) is 4.02. The molecule has 0 radical (unpaired) electrons. The second-order valence-electron chi connectivity index (χ2n) is 6.15. The molecule has 2 rings (SSSR count). The molecule has 0 amide bonds. The van der Waals surface area contributed by atoms with Crippen LogP contribution in [0.1, 0.15) is 37.3 Å². The first-order chi connectivity index (χ1) is 10.0. The largest absolute Gasteiger partial charge is 0.382 e. The molecule has 0 bridgehead atoms. The van der Waals surface area contributed by atoms with Gasteiger partial charge >= 0.3 is 0 Å². The maximum Gasteiger partial charge on any atom is 0.193 e. The monoisotopic (exact) mass is 289 g/mol. The van der Waals surface area contributed by atoms with E-state index in [1.54, 1.807) is 0 Å². The lowest BCUT2D eigenvalue weighted by Gasteiger charge is -2.13. The molecule has 0 spiro atoms. The van der Waals surface area contributed by atoms with E-state index in [4.69, 9.17) is 10.5 Å². The van der Waals surface area contributed by atoms with E-state index in [1.165, 1.54) is 24.0 Å². The van der Waals surface area contributed by atoms with Crippen molar-refractivity contribution >= 4 is 11.6 Å². The molecule has 3 N–H and O–H groups in total. The Bertz CT molecular complexity index is 487. The summed E-state index contributed by atoms with van der Waals surface area (Å²) in [6.45, 7) is 8.61. The number of guanidine groups is 1. The van der Waals surface area contributed by atoms with E-state index < -0.39 is 0 Å². The number of nitrogens with zero attached hydrogens (tertiary/aromatic N) is 1. The fraction of sp³-hybridized carbons (Fsp3) is 0.588. The predicted molar refractivity (Wildman–Crippen MR) is 88.8 cm³/mol. The number of ether oxygens (including phenoxy) is 1. The van der Waals surface area contributed by atoms with E-state index in [2.05, 4.69) is 42.4 Å². The minimum Gasteiger partial charge on any atom is -0.382 e. The Kier molecular flexibility index (Phi) is 5.23. The zero-order valence-electron chi connectivity index (χ0n) is 13.4. The quantitative estimate of drug-likeness (QED) is 0.460. The Labute approximate surface area is 127 Å². The second-order valence-corrected chi connectivity index (χ2v) is 6.15. The topological polar surface area (TPSA) is 59.6 Å². The summed E-state index contributed by atoms with van der Waals surface area (Å²) < 4.78 is 5.44. The molecule has 0 unspecified atom stereocenters. The molecule has 0 heterocycles. The van der Waals surface area contributed by atoms with E-state index in [0.29, 0.717) is 11.4 Å². The Morgan fingerprint density at radius 1 is 1.29 bits per heavy atom. The number of aryl methyl sites for hydroxylation is 2. The lowest BCUT2D eigenvalue weighted by atomic mass is 10.0. The Morgan fingerprint density at radius 2 is 1.95 bits per heavy atom. The summed E-state index contributed by atoms with van der Waals surface area (Å²) in [5, 5.41) is 3.19. The zero-order chi connectivity index (χ0) is 15.3. The molecule has 0 saturated heterocycles. The minimum atomic E-state index is 0.337. The highest BCUT2D eigenvalue weighted by Gasteiger charge is 2.41. The Hall–Kier alpha value is -1.55. The van der Waals surface area contributed by atoms with Gasteiger partial charge in [0.25, 0.3) is 0 Å². The number of hydrogen-bond acceptors (Lipinski definition) is 2. The van der Waals surface area contributed by atoms with Gasteiger partial charge in [0.1, 0.15) is 0 Å². The first-order valence-electron chi connectivity index (χ1n) is 7.76. The lowest BCUT2D eigenvalue weighted by Crippen LogP contribution is -2.24. The van der Waals surface area contributed by atoms with Crippen LogP contribution in [0.25, 0.3) is 0 Å². The molecule has 1 fully saturated rings. The second kappa shape index (κ2) is 6.94. The van der Waals surface area contributed by atoms with Crippen LogP contribution in [0.15, 0.2) is 23.2 Å². The van der Waals surface area contributed by atoms with Crippen molar-refractivity contribution in [3.63, 3.8) is 0 Å². The molecule has 1 saturated carbocycles. The van der Waals surface area contributed by atoms with Gasteiger partial charge in [-0.05, 0) is 68.7 Å². The van der Waals surface area contributed by atoms with Gasteiger partial charge in [-0.2, -0.15) is 0 Å². The summed E-state index contributed by atoms with van der Waals surface area (Å²) in [5.74, 6) is 0.502. The summed E-state index contributed by atoms with van der Waals surface area (Å²) in [6, 6.07) is 6.31. The Balaban J connectivity index is 1.86. The summed E-state index contributed by atoms with van der Waals surface area (Å²) in [6.07, 6.45) is 3.56. The van der Waals surface area contributed by atoms with Crippen molar-refractivity contribution in [3.05, 3.63) is 29.3 Å². The van der Waals surface area contributed by atoms with Crippen molar-refractivity contribution in [2.45, 2.75) is 40.0 Å². The molecule has 0 aromatic heterocycles. The van der Waals surface area contributed by atoms with E-state index in [-0.39, 0.29) is 0 Å². The normalized spacial score (nSPS) is 16.8. The van der Waals surface area contributed by atoms with E-state index in [0.717, 1.165) is 31.9 Å². The van der Waals surface area contributed by atoms with E-state index in [9.17, 15) is 0 Å². The van der Waals surface area contributed by atoms with Crippen LogP contribution in [0.4, 0.5) is 5.69 Å². The average molecular weight is 289 g/mol. The van der Waals surface area contributed by atoms with Crippen LogP contribution < -0.4 is 11.1 Å². The van der Waals surface area contributed by atoms with Crippen molar-refractivity contribution in [3.8, 4) is 0 Å². The van der Waals surface area contributed by atoms with Crippen molar-refractivity contribution in [1.82, 2.24) is 0 Å². The highest BCUT2D eigenvalue weighted by Crippen LogP contribution is 2.48. The Morgan fingerprint density at radius 3 is 2.52 bits per heavy atom. The molecule has 1 aliphatic carbocycles. The SMILES string of the molecule is CCOCCC1(CN=C(N)Nc2cc(C)cc(C)c2)CC1. The molecule has 1 aromatic carbocycles. The third kappa shape index (κ3) is 5.05. The fourth-order valence-corrected chi connectivity index (χ4v) is 2.58. The molecule has 0 atom stereocenters. The zero-order valence-corrected chi connectivity index (χ0v) is 13.4. The van der Waals surface area contributed by atoms with Gasteiger partial charge in [0, 0.05) is 25.4 Å². The highest BCUT2D eigenvalue weighted by atomic mass is 16.5. The first-order valence-corrected chi connectivity index (χ1v) is 7.76. The smallest absolute Gasteiger partial charge is 0.193 e. The molecular weight excluding hydrogens is 262 g/mol. The summed E-state index contributed by atoms with van der Waals surface area (Å²) in [7, 11) is 0. The maximum atomic E-state index is 6.00. The van der Waals surface area contributed by atoms with Gasteiger partial charge in [0.2, 0.25) is 0 Å². The molecule has 1 aliphatic rings. The molecule has 4 nitrogen and oxygen atoms in total. The van der Waals surface area contributed by atoms with E-state index in [1.807, 2.05) is 6.92 Å². The first kappa shape index (κ1) is 15.8. The highest BCUT2D eigenvalue weighted by molar-refractivity contribution is 5.92. The number of rotatable bonds is 7. The van der Waals surface area contributed by atoms with Gasteiger partial charge in [0.05, 0.1) is 0 Å². The van der Waals surface area contributed by atoms with Gasteiger partial charge < -0.3 is 15.8 Å². The number of nitrogens with one attached hydrogen (secondary N) is 1. The van der Waals surface area contributed by atoms with Crippen molar-refractivity contribution < 1.29 is 4.74 Å². The standard InChI is InChI=1S/C17H27N3O/c1-4-21-8-7-17(5-6-17)12-19-16(18)20-15-10-13(2)9-14(3)11-15/h9-11H,4-8,12H2,1-3H3,(H3,18,19,20). The van der Waals surface area contributed by atoms with E-state index >= 15 is 0 Å². The summed E-state index contributed by atoms with van der Waals surface area (Å²) >= 11 is 0. The van der Waals surface area contributed by atoms with Gasteiger partial charge in [-0.15, -0.1) is 0 Å². The van der Waals surface area contributed by atoms with Crippen molar-refractivity contribution in [1.29, 1.82) is 0 Å².